The summed E-state index contributed by atoms with van der Waals surface area (Å²) < 4.78 is 5.28. The van der Waals surface area contributed by atoms with Crippen LogP contribution in [0.4, 0.5) is 5.95 Å². The highest BCUT2D eigenvalue weighted by molar-refractivity contribution is 5.91. The second kappa shape index (κ2) is 7.59. The fourth-order valence-electron chi connectivity index (χ4n) is 3.17. The van der Waals surface area contributed by atoms with Gasteiger partial charge < -0.3 is 19.7 Å². The molecule has 1 fully saturated rings. The normalized spacial score (nSPS) is 16.5. The number of aliphatic hydroxyl groups excluding tert-OH is 1. The Morgan fingerprint density at radius 3 is 2.85 bits per heavy atom. The second-order valence-corrected chi connectivity index (χ2v) is 6.44. The maximum absolute atomic E-state index is 12.3. The predicted octanol–water partition coefficient (Wildman–Crippen LogP) is 2.24. The van der Waals surface area contributed by atoms with Crippen molar-refractivity contribution in [3.8, 4) is 11.3 Å². The number of carbonyl (C=O) groups is 1. The van der Waals surface area contributed by atoms with Crippen molar-refractivity contribution >= 4 is 11.9 Å². The van der Waals surface area contributed by atoms with Crippen molar-refractivity contribution < 1.29 is 14.3 Å². The zero-order valence-corrected chi connectivity index (χ0v) is 14.7. The van der Waals surface area contributed by atoms with Crippen LogP contribution < -0.4 is 10.2 Å². The average molecular weight is 364 g/mol. The van der Waals surface area contributed by atoms with Crippen LogP contribution in [0.2, 0.25) is 0 Å². The lowest BCUT2D eigenvalue weighted by Gasteiger charge is -2.17. The van der Waals surface area contributed by atoms with Crippen LogP contribution in [0.3, 0.4) is 0 Å². The number of nitrogens with zero attached hydrogens (tertiary/aromatic N) is 3. The van der Waals surface area contributed by atoms with Gasteiger partial charge in [-0.1, -0.05) is 30.3 Å². The molecule has 1 aliphatic heterocycles. The first-order chi connectivity index (χ1) is 13.2. The van der Waals surface area contributed by atoms with E-state index in [9.17, 15) is 4.79 Å². The van der Waals surface area contributed by atoms with E-state index in [2.05, 4.69) is 20.2 Å². The number of aliphatic hydroxyl groups is 1. The molecule has 1 unspecified atom stereocenters. The van der Waals surface area contributed by atoms with Gasteiger partial charge in [0, 0.05) is 30.9 Å². The number of aromatic nitrogens is 2. The average Bonchev–Trinajstić information content (AvgIpc) is 3.38. The highest BCUT2D eigenvalue weighted by atomic mass is 16.4. The first-order valence-electron chi connectivity index (χ1n) is 8.87. The molecule has 1 atom stereocenters. The van der Waals surface area contributed by atoms with Crippen molar-refractivity contribution in [2.75, 3.05) is 18.0 Å². The third kappa shape index (κ3) is 3.83. The number of carbonyl (C=O) groups excluding carboxylic acids is 1. The van der Waals surface area contributed by atoms with E-state index in [-0.39, 0.29) is 24.3 Å². The van der Waals surface area contributed by atoms with Crippen molar-refractivity contribution in [3.05, 3.63) is 66.2 Å². The van der Waals surface area contributed by atoms with Gasteiger partial charge in [-0.15, -0.1) is 0 Å². The van der Waals surface area contributed by atoms with Gasteiger partial charge in [-0.05, 0) is 24.6 Å². The molecule has 7 heteroatoms. The molecule has 3 aromatic rings. The summed E-state index contributed by atoms with van der Waals surface area (Å²) in [5.74, 6) is 0.966. The summed E-state index contributed by atoms with van der Waals surface area (Å²) >= 11 is 0. The molecule has 2 aromatic heterocycles. The monoisotopic (exact) mass is 364 g/mol. The molecule has 0 radical (unpaired) electrons. The molecule has 0 saturated carbocycles. The Bertz CT molecular complexity index is 926. The Kier molecular flexibility index (Phi) is 4.84. The third-order valence-corrected chi connectivity index (χ3v) is 4.56. The zero-order chi connectivity index (χ0) is 18.6. The number of hydrogen-bond donors (Lipinski definition) is 2. The van der Waals surface area contributed by atoms with Crippen LogP contribution >= 0.6 is 0 Å². The molecule has 7 nitrogen and oxygen atoms in total. The molecule has 4 rings (SSSR count). The van der Waals surface area contributed by atoms with E-state index < -0.39 is 0 Å². The lowest BCUT2D eigenvalue weighted by Crippen LogP contribution is -2.37. The largest absolute Gasteiger partial charge is 0.453 e. The number of amides is 1. The van der Waals surface area contributed by atoms with Gasteiger partial charge in [-0.25, -0.2) is 9.97 Å². The molecule has 0 aliphatic carbocycles. The van der Waals surface area contributed by atoms with Gasteiger partial charge in [0.05, 0.1) is 5.69 Å². The lowest BCUT2D eigenvalue weighted by molar-refractivity contribution is 0.0907. The van der Waals surface area contributed by atoms with Crippen LogP contribution in [0.5, 0.6) is 0 Å². The summed E-state index contributed by atoms with van der Waals surface area (Å²) in [5, 5.41) is 12.0. The number of furan rings is 1. The van der Waals surface area contributed by atoms with Gasteiger partial charge in [0.1, 0.15) is 12.4 Å². The van der Waals surface area contributed by atoms with E-state index in [0.717, 1.165) is 24.2 Å². The summed E-state index contributed by atoms with van der Waals surface area (Å²) in [6.07, 6.45) is 2.56. The van der Waals surface area contributed by atoms with E-state index >= 15 is 0 Å². The van der Waals surface area contributed by atoms with Crippen molar-refractivity contribution in [1.29, 1.82) is 0 Å². The molecule has 1 amide bonds. The number of hydrogen-bond acceptors (Lipinski definition) is 6. The van der Waals surface area contributed by atoms with Crippen LogP contribution in [0.25, 0.3) is 11.3 Å². The molecule has 1 aromatic carbocycles. The smallest absolute Gasteiger partial charge is 0.287 e. The Hall–Kier alpha value is -3.19. The van der Waals surface area contributed by atoms with E-state index in [1.165, 1.54) is 0 Å². The van der Waals surface area contributed by atoms with Crippen molar-refractivity contribution in [1.82, 2.24) is 15.3 Å². The van der Waals surface area contributed by atoms with Crippen LogP contribution in [0.15, 0.2) is 59.1 Å². The zero-order valence-electron chi connectivity index (χ0n) is 14.7. The molecule has 27 heavy (non-hydrogen) atoms. The maximum atomic E-state index is 12.3. The first kappa shape index (κ1) is 17.2. The standard InChI is InChI=1S/C20H20N4O3/c25-13-16-6-7-18(27-16)19(26)22-15-9-11-24(12-15)20-21-10-8-17(23-20)14-4-2-1-3-5-14/h1-8,10,15,25H,9,11-13H2,(H,22,26). The molecule has 3 heterocycles. The SMILES string of the molecule is O=C(NC1CCN(c2nccc(-c3ccccc3)n2)C1)c1ccc(CO)o1. The number of nitrogens with one attached hydrogen (secondary N) is 1. The van der Waals surface area contributed by atoms with Gasteiger partial charge in [-0.3, -0.25) is 4.79 Å². The summed E-state index contributed by atoms with van der Waals surface area (Å²) in [6, 6.07) is 15.0. The maximum Gasteiger partial charge on any atom is 0.287 e. The van der Waals surface area contributed by atoms with Crippen molar-refractivity contribution in [2.45, 2.75) is 19.1 Å². The van der Waals surface area contributed by atoms with Crippen molar-refractivity contribution in [3.63, 3.8) is 0 Å². The van der Waals surface area contributed by atoms with E-state index in [4.69, 9.17) is 9.52 Å². The third-order valence-electron chi connectivity index (χ3n) is 4.56. The van der Waals surface area contributed by atoms with Gasteiger partial charge in [-0.2, -0.15) is 0 Å². The van der Waals surface area contributed by atoms with E-state index in [0.29, 0.717) is 18.3 Å². The molecule has 1 saturated heterocycles. The highest BCUT2D eigenvalue weighted by Crippen LogP contribution is 2.21. The Balaban J connectivity index is 1.41. The Labute approximate surface area is 156 Å². The quantitative estimate of drug-likeness (QED) is 0.721. The Morgan fingerprint density at radius 1 is 1.22 bits per heavy atom. The van der Waals surface area contributed by atoms with Crippen LogP contribution in [-0.2, 0) is 6.61 Å². The summed E-state index contributed by atoms with van der Waals surface area (Å²) in [7, 11) is 0. The molecule has 1 aliphatic rings. The second-order valence-electron chi connectivity index (χ2n) is 6.44. The molecule has 0 spiro atoms. The van der Waals surface area contributed by atoms with Crippen molar-refractivity contribution in [2.24, 2.45) is 0 Å². The first-order valence-corrected chi connectivity index (χ1v) is 8.87. The van der Waals surface area contributed by atoms with E-state index in [1.807, 2.05) is 36.4 Å². The molecule has 0 bridgehead atoms. The fourth-order valence-corrected chi connectivity index (χ4v) is 3.17. The highest BCUT2D eigenvalue weighted by Gasteiger charge is 2.27. The number of rotatable bonds is 5. The molecular formula is C20H20N4O3. The summed E-state index contributed by atoms with van der Waals surface area (Å²) in [4.78, 5) is 23.4. The molecular weight excluding hydrogens is 344 g/mol. The fraction of sp³-hybridized carbons (Fsp3) is 0.250. The van der Waals surface area contributed by atoms with Gasteiger partial charge in [0.15, 0.2) is 5.76 Å². The van der Waals surface area contributed by atoms with Gasteiger partial charge in [0.25, 0.3) is 5.91 Å². The van der Waals surface area contributed by atoms with Gasteiger partial charge in [0.2, 0.25) is 5.95 Å². The molecule has 138 valence electrons. The molecule has 2 N–H and O–H groups in total. The summed E-state index contributed by atoms with van der Waals surface area (Å²) in [5.41, 5.74) is 1.92. The number of benzene rings is 1. The van der Waals surface area contributed by atoms with Crippen LogP contribution in [0.1, 0.15) is 22.7 Å². The minimum absolute atomic E-state index is 0.0100. The predicted molar refractivity (Wildman–Crippen MR) is 100 cm³/mol. The van der Waals surface area contributed by atoms with Gasteiger partial charge >= 0.3 is 0 Å². The van der Waals surface area contributed by atoms with Crippen LogP contribution in [0, 0.1) is 0 Å². The Morgan fingerprint density at radius 2 is 2.07 bits per heavy atom. The topological polar surface area (TPSA) is 91.5 Å². The summed E-state index contributed by atoms with van der Waals surface area (Å²) in [6.45, 7) is 1.18. The minimum Gasteiger partial charge on any atom is -0.453 e. The minimum atomic E-state index is -0.277. The number of anilines is 1. The lowest BCUT2D eigenvalue weighted by atomic mass is 10.1. The van der Waals surface area contributed by atoms with Crippen LogP contribution in [-0.4, -0.2) is 40.1 Å². The van der Waals surface area contributed by atoms with E-state index in [1.54, 1.807) is 18.3 Å².